The van der Waals surface area contributed by atoms with Crippen LogP contribution < -0.4 is 10.1 Å². The number of para-hydroxylation sites is 1. The number of hydrogen-bond acceptors (Lipinski definition) is 3. The molecule has 0 amide bonds. The first kappa shape index (κ1) is 11.4. The van der Waals surface area contributed by atoms with Crippen molar-refractivity contribution >= 4 is 0 Å². The molecule has 1 saturated heterocycles. The van der Waals surface area contributed by atoms with Crippen molar-refractivity contribution in [2.45, 2.75) is 12.0 Å². The Morgan fingerprint density at radius 3 is 2.62 bits per heavy atom. The Kier molecular flexibility index (Phi) is 3.12. The quantitative estimate of drug-likeness (QED) is 0.839. The predicted molar refractivity (Wildman–Crippen MR) is 59.3 cm³/mol. The largest absolute Gasteiger partial charge is 0.493 e. The lowest BCUT2D eigenvalue weighted by molar-refractivity contribution is -0.0505. The van der Waals surface area contributed by atoms with Gasteiger partial charge >= 0.3 is 0 Å². The minimum atomic E-state index is -0.321. The van der Waals surface area contributed by atoms with Gasteiger partial charge in [0.05, 0.1) is 12.7 Å². The number of ether oxygens (including phenoxy) is 2. The molecule has 0 bridgehead atoms. The Morgan fingerprint density at radius 1 is 1.38 bits per heavy atom. The monoisotopic (exact) mass is 225 g/mol. The van der Waals surface area contributed by atoms with E-state index >= 15 is 0 Å². The van der Waals surface area contributed by atoms with Gasteiger partial charge in [-0.05, 0) is 6.07 Å². The van der Waals surface area contributed by atoms with Gasteiger partial charge in [-0.2, -0.15) is 0 Å². The van der Waals surface area contributed by atoms with Gasteiger partial charge in [-0.3, -0.25) is 0 Å². The van der Waals surface area contributed by atoms with Gasteiger partial charge in [-0.1, -0.05) is 12.1 Å². The van der Waals surface area contributed by atoms with Gasteiger partial charge in [0.2, 0.25) is 0 Å². The summed E-state index contributed by atoms with van der Waals surface area (Å²) in [4.78, 5) is 0. The number of rotatable bonds is 4. The molecule has 1 fully saturated rings. The fourth-order valence-corrected chi connectivity index (χ4v) is 2.01. The highest BCUT2D eigenvalue weighted by Gasteiger charge is 2.37. The topological polar surface area (TPSA) is 30.5 Å². The molecule has 0 aliphatic carbocycles. The highest BCUT2D eigenvalue weighted by molar-refractivity contribution is 5.36. The lowest BCUT2D eigenvalue weighted by Gasteiger charge is -2.41. The van der Waals surface area contributed by atoms with Crippen LogP contribution >= 0.6 is 0 Å². The molecule has 0 aromatic heterocycles. The molecule has 1 aromatic rings. The average molecular weight is 225 g/mol. The number of nitrogens with one attached hydrogen (secondary N) is 1. The summed E-state index contributed by atoms with van der Waals surface area (Å²) in [5.41, 5.74) is 0.645. The Morgan fingerprint density at radius 2 is 2.12 bits per heavy atom. The molecule has 1 aromatic carbocycles. The van der Waals surface area contributed by atoms with E-state index in [1.165, 1.54) is 13.2 Å². The smallest absolute Gasteiger partial charge is 0.165 e. The zero-order valence-electron chi connectivity index (χ0n) is 9.55. The Bertz CT molecular complexity index is 372. The number of methoxy groups -OCH3 is 2. The van der Waals surface area contributed by atoms with Crippen LogP contribution in [0.4, 0.5) is 4.39 Å². The lowest BCUT2D eigenvalue weighted by atomic mass is 9.88. The second-order valence-electron chi connectivity index (χ2n) is 4.10. The maximum Gasteiger partial charge on any atom is 0.165 e. The van der Waals surface area contributed by atoms with Gasteiger partial charge in [0.1, 0.15) is 0 Å². The molecule has 16 heavy (non-hydrogen) atoms. The maximum atomic E-state index is 13.5. The third-order valence-corrected chi connectivity index (χ3v) is 3.09. The van der Waals surface area contributed by atoms with E-state index in [9.17, 15) is 4.39 Å². The van der Waals surface area contributed by atoms with Gasteiger partial charge in [0.25, 0.3) is 0 Å². The van der Waals surface area contributed by atoms with Gasteiger partial charge in [-0.15, -0.1) is 0 Å². The fraction of sp³-hybridized carbons (Fsp3) is 0.500. The Labute approximate surface area is 94.6 Å². The summed E-state index contributed by atoms with van der Waals surface area (Å²) < 4.78 is 24.0. The highest BCUT2D eigenvalue weighted by Crippen LogP contribution is 2.29. The molecule has 0 spiro atoms. The molecule has 4 heteroatoms. The number of benzene rings is 1. The van der Waals surface area contributed by atoms with Crippen LogP contribution in [0.5, 0.6) is 5.75 Å². The van der Waals surface area contributed by atoms with Gasteiger partial charge in [0.15, 0.2) is 11.6 Å². The van der Waals surface area contributed by atoms with Crippen molar-refractivity contribution in [3.8, 4) is 5.75 Å². The second kappa shape index (κ2) is 4.39. The molecule has 1 aliphatic heterocycles. The highest BCUT2D eigenvalue weighted by atomic mass is 19.1. The lowest BCUT2D eigenvalue weighted by Crippen LogP contribution is -2.61. The van der Waals surface area contributed by atoms with E-state index < -0.39 is 0 Å². The summed E-state index contributed by atoms with van der Waals surface area (Å²) in [7, 11) is 3.17. The minimum Gasteiger partial charge on any atom is -0.493 e. The summed E-state index contributed by atoms with van der Waals surface area (Å²) >= 11 is 0. The SMILES string of the molecule is COc1c(F)cccc1CC1(OC)CNC1. The van der Waals surface area contributed by atoms with Crippen LogP contribution in [0, 0.1) is 5.82 Å². The van der Waals surface area contributed by atoms with Gasteiger partial charge < -0.3 is 14.8 Å². The molecule has 0 unspecified atom stereocenters. The third-order valence-electron chi connectivity index (χ3n) is 3.09. The number of hydrogen-bond donors (Lipinski definition) is 1. The van der Waals surface area contributed by atoms with E-state index in [2.05, 4.69) is 5.32 Å². The molecule has 1 aliphatic rings. The first-order chi connectivity index (χ1) is 7.71. The molecule has 0 saturated carbocycles. The molecular formula is C12H16FNO2. The van der Waals surface area contributed by atoms with Crippen LogP contribution in [0.1, 0.15) is 5.56 Å². The summed E-state index contributed by atoms with van der Waals surface area (Å²) in [6.45, 7) is 1.59. The van der Waals surface area contributed by atoms with E-state index in [4.69, 9.17) is 9.47 Å². The molecule has 1 N–H and O–H groups in total. The third kappa shape index (κ3) is 1.90. The van der Waals surface area contributed by atoms with Gasteiger partial charge in [-0.25, -0.2) is 4.39 Å². The van der Waals surface area contributed by atoms with E-state index in [0.29, 0.717) is 12.2 Å². The Hall–Kier alpha value is -1.13. The molecule has 0 radical (unpaired) electrons. The van der Waals surface area contributed by atoms with Crippen LogP contribution in [-0.2, 0) is 11.2 Å². The van der Waals surface area contributed by atoms with Crippen molar-refractivity contribution in [1.82, 2.24) is 5.32 Å². The minimum absolute atomic E-state index is 0.207. The van der Waals surface area contributed by atoms with E-state index in [1.807, 2.05) is 6.07 Å². The molecule has 1 heterocycles. The van der Waals surface area contributed by atoms with Crippen molar-refractivity contribution in [3.05, 3.63) is 29.6 Å². The fourth-order valence-electron chi connectivity index (χ4n) is 2.01. The summed E-state index contributed by atoms with van der Waals surface area (Å²) in [5, 5.41) is 3.17. The zero-order valence-corrected chi connectivity index (χ0v) is 9.55. The van der Waals surface area contributed by atoms with Crippen LogP contribution in [0.3, 0.4) is 0 Å². The average Bonchev–Trinajstić information content (AvgIpc) is 2.23. The zero-order chi connectivity index (χ0) is 11.6. The molecule has 0 atom stereocenters. The molecule has 88 valence electrons. The predicted octanol–water partition coefficient (Wildman–Crippen LogP) is 1.37. The van der Waals surface area contributed by atoms with Crippen molar-refractivity contribution in [2.75, 3.05) is 27.3 Å². The van der Waals surface area contributed by atoms with Crippen LogP contribution in [0.15, 0.2) is 18.2 Å². The second-order valence-corrected chi connectivity index (χ2v) is 4.10. The van der Waals surface area contributed by atoms with E-state index in [-0.39, 0.29) is 11.4 Å². The standard InChI is InChI=1S/C12H16FNO2/c1-15-11-9(4-3-5-10(11)13)6-12(16-2)7-14-8-12/h3-5,14H,6-8H2,1-2H3. The maximum absolute atomic E-state index is 13.5. The first-order valence-electron chi connectivity index (χ1n) is 5.28. The van der Waals surface area contributed by atoms with Crippen molar-refractivity contribution in [2.24, 2.45) is 0 Å². The summed E-state index contributed by atoms with van der Waals surface area (Å²) in [6, 6.07) is 4.98. The molecule has 3 nitrogen and oxygen atoms in total. The molecule has 2 rings (SSSR count). The normalized spacial score (nSPS) is 17.9. The van der Waals surface area contributed by atoms with Crippen LogP contribution in [0.2, 0.25) is 0 Å². The Balaban J connectivity index is 2.23. The summed E-state index contributed by atoms with van der Waals surface area (Å²) in [5.74, 6) is 0.00404. The van der Waals surface area contributed by atoms with Gasteiger partial charge in [0, 0.05) is 32.2 Å². The van der Waals surface area contributed by atoms with Crippen molar-refractivity contribution in [3.63, 3.8) is 0 Å². The van der Waals surface area contributed by atoms with Crippen molar-refractivity contribution in [1.29, 1.82) is 0 Å². The van der Waals surface area contributed by atoms with E-state index in [1.54, 1.807) is 13.2 Å². The molecular weight excluding hydrogens is 209 g/mol. The van der Waals surface area contributed by atoms with Crippen LogP contribution in [0.25, 0.3) is 0 Å². The van der Waals surface area contributed by atoms with Crippen LogP contribution in [-0.4, -0.2) is 32.9 Å². The first-order valence-corrected chi connectivity index (χ1v) is 5.28. The number of halogens is 1. The summed E-state index contributed by atoms with van der Waals surface area (Å²) in [6.07, 6.45) is 0.664. The van der Waals surface area contributed by atoms with E-state index in [0.717, 1.165) is 18.7 Å². The van der Waals surface area contributed by atoms with Crippen molar-refractivity contribution < 1.29 is 13.9 Å².